The highest BCUT2D eigenvalue weighted by molar-refractivity contribution is 5.89. The van der Waals surface area contributed by atoms with Crippen LogP contribution < -0.4 is 10.1 Å². The molecule has 3 N–H and O–H groups in total. The predicted molar refractivity (Wildman–Crippen MR) is 127 cm³/mol. The molecule has 0 aliphatic heterocycles. The normalized spacial score (nSPS) is 12.7. The molecule has 0 radical (unpaired) electrons. The first-order valence-corrected chi connectivity index (χ1v) is 11.0. The monoisotopic (exact) mass is 449 g/mol. The van der Waals surface area contributed by atoms with Gasteiger partial charge in [-0.3, -0.25) is 0 Å². The third kappa shape index (κ3) is 7.15. The second-order valence-electron chi connectivity index (χ2n) is 8.02. The molecule has 0 saturated carbocycles. The molecule has 33 heavy (non-hydrogen) atoms. The van der Waals surface area contributed by atoms with Crippen LogP contribution in [0.4, 0.5) is 0 Å². The minimum Gasteiger partial charge on any atom is -0.489 e. The number of hydrogen-bond acceptors (Lipinski definition) is 6. The van der Waals surface area contributed by atoms with Gasteiger partial charge in [-0.25, -0.2) is 4.79 Å². The molecule has 0 aliphatic rings. The number of hydrogen-bond donors (Lipinski definition) is 3. The van der Waals surface area contributed by atoms with Crippen molar-refractivity contribution in [3.8, 4) is 5.75 Å². The van der Waals surface area contributed by atoms with Gasteiger partial charge in [0.1, 0.15) is 12.4 Å². The van der Waals surface area contributed by atoms with Crippen LogP contribution in [0.25, 0.3) is 0 Å². The third-order valence-corrected chi connectivity index (χ3v) is 5.43. The van der Waals surface area contributed by atoms with E-state index in [1.54, 1.807) is 18.2 Å². The number of carbonyl (C=O) groups is 1. The van der Waals surface area contributed by atoms with Crippen molar-refractivity contribution in [2.45, 2.75) is 38.7 Å². The van der Waals surface area contributed by atoms with Gasteiger partial charge in [-0.15, -0.1) is 0 Å². The predicted octanol–water partition coefficient (Wildman–Crippen LogP) is 3.80. The number of carbonyl (C=O) groups excluding carboxylic acids is 1. The standard InChI is InChI=1S/C27H31NO5/c1-19(13-21-9-6-10-23(14-21)27(31)32-2)28-16-25(30)22-11-12-26(24(15-22)17-29)33-18-20-7-4-3-5-8-20/h3-12,14-15,19,25,28-30H,13,16-18H2,1-2H3/t19-,25+/m1/s1. The number of methoxy groups -OCH3 is 1. The average Bonchev–Trinajstić information content (AvgIpc) is 2.86. The maximum absolute atomic E-state index is 11.7. The van der Waals surface area contributed by atoms with E-state index in [4.69, 9.17) is 9.47 Å². The van der Waals surface area contributed by atoms with Crippen molar-refractivity contribution in [1.82, 2.24) is 5.32 Å². The van der Waals surface area contributed by atoms with Crippen LogP contribution in [0.1, 0.15) is 45.6 Å². The molecule has 0 unspecified atom stereocenters. The van der Waals surface area contributed by atoms with E-state index in [0.29, 0.717) is 42.0 Å². The Hall–Kier alpha value is -3.19. The number of aliphatic hydroxyl groups excluding tert-OH is 2. The molecule has 6 heteroatoms. The first kappa shape index (κ1) is 24.5. The van der Waals surface area contributed by atoms with Gasteiger partial charge in [-0.2, -0.15) is 0 Å². The summed E-state index contributed by atoms with van der Waals surface area (Å²) in [6, 6.07) is 22.6. The summed E-state index contributed by atoms with van der Waals surface area (Å²) >= 11 is 0. The van der Waals surface area contributed by atoms with E-state index < -0.39 is 6.10 Å². The van der Waals surface area contributed by atoms with E-state index in [1.165, 1.54) is 7.11 Å². The molecule has 0 aliphatic carbocycles. The number of benzene rings is 3. The van der Waals surface area contributed by atoms with Crippen molar-refractivity contribution in [2.75, 3.05) is 13.7 Å². The molecule has 0 aromatic heterocycles. The molecule has 3 aromatic carbocycles. The topological polar surface area (TPSA) is 88.0 Å². The van der Waals surface area contributed by atoms with Gasteiger partial charge in [0.05, 0.1) is 25.4 Å². The molecule has 0 fully saturated rings. The van der Waals surface area contributed by atoms with Gasteiger partial charge in [-0.1, -0.05) is 48.5 Å². The lowest BCUT2D eigenvalue weighted by Crippen LogP contribution is -2.32. The van der Waals surface area contributed by atoms with Gasteiger partial charge in [0, 0.05) is 18.2 Å². The molecule has 3 rings (SSSR count). The second-order valence-corrected chi connectivity index (χ2v) is 8.02. The number of nitrogens with one attached hydrogen (secondary N) is 1. The van der Waals surface area contributed by atoms with Crippen molar-refractivity contribution < 1.29 is 24.5 Å². The lowest BCUT2D eigenvalue weighted by atomic mass is 10.0. The lowest BCUT2D eigenvalue weighted by molar-refractivity contribution is 0.0600. The summed E-state index contributed by atoms with van der Waals surface area (Å²) in [5.74, 6) is 0.243. The van der Waals surface area contributed by atoms with Crippen LogP contribution in [0, 0.1) is 0 Å². The van der Waals surface area contributed by atoms with E-state index in [-0.39, 0.29) is 18.6 Å². The first-order chi connectivity index (χ1) is 16.0. The fraction of sp³-hybridized carbons (Fsp3) is 0.296. The van der Waals surface area contributed by atoms with Gasteiger partial charge in [0.2, 0.25) is 0 Å². The Kier molecular flexibility index (Phi) is 9.01. The van der Waals surface area contributed by atoms with E-state index in [1.807, 2.05) is 61.5 Å². The van der Waals surface area contributed by atoms with Gasteiger partial charge in [0.15, 0.2) is 0 Å². The van der Waals surface area contributed by atoms with E-state index in [9.17, 15) is 15.0 Å². The van der Waals surface area contributed by atoms with Crippen LogP contribution in [0.5, 0.6) is 5.75 Å². The molecule has 174 valence electrons. The average molecular weight is 450 g/mol. The molecule has 0 bridgehead atoms. The van der Waals surface area contributed by atoms with Crippen molar-refractivity contribution in [1.29, 1.82) is 0 Å². The van der Waals surface area contributed by atoms with Gasteiger partial charge >= 0.3 is 5.97 Å². The summed E-state index contributed by atoms with van der Waals surface area (Å²) in [5.41, 5.74) is 3.91. The minimum absolute atomic E-state index is 0.0818. The zero-order chi connectivity index (χ0) is 23.6. The zero-order valence-corrected chi connectivity index (χ0v) is 19.0. The zero-order valence-electron chi connectivity index (χ0n) is 19.0. The molecule has 3 aromatic rings. The minimum atomic E-state index is -0.734. The Morgan fingerprint density at radius 3 is 2.48 bits per heavy atom. The Morgan fingerprint density at radius 1 is 1.00 bits per heavy atom. The molecule has 0 amide bonds. The van der Waals surface area contributed by atoms with Gasteiger partial charge in [0.25, 0.3) is 0 Å². The quantitative estimate of drug-likeness (QED) is 0.386. The fourth-order valence-corrected chi connectivity index (χ4v) is 3.61. The van der Waals surface area contributed by atoms with Crippen LogP contribution in [0.15, 0.2) is 72.8 Å². The molecule has 2 atom stereocenters. The molecule has 0 spiro atoms. The molecule has 0 heterocycles. The summed E-state index contributed by atoms with van der Waals surface area (Å²) in [5, 5.41) is 23.8. The van der Waals surface area contributed by atoms with Crippen molar-refractivity contribution >= 4 is 5.97 Å². The Labute approximate surface area is 194 Å². The van der Waals surface area contributed by atoms with E-state index >= 15 is 0 Å². The van der Waals surface area contributed by atoms with Crippen molar-refractivity contribution in [3.63, 3.8) is 0 Å². The summed E-state index contributed by atoms with van der Waals surface area (Å²) in [4.78, 5) is 11.7. The number of rotatable bonds is 11. The highest BCUT2D eigenvalue weighted by atomic mass is 16.5. The molecular formula is C27H31NO5. The fourth-order valence-electron chi connectivity index (χ4n) is 3.61. The number of aliphatic hydroxyl groups is 2. The summed E-state index contributed by atoms with van der Waals surface area (Å²) in [6.07, 6.45) is -0.0338. The highest BCUT2D eigenvalue weighted by Gasteiger charge is 2.14. The van der Waals surface area contributed by atoms with Crippen LogP contribution in [0.2, 0.25) is 0 Å². The summed E-state index contributed by atoms with van der Waals surface area (Å²) in [6.45, 7) is 2.61. The second kappa shape index (κ2) is 12.2. The molecule has 0 saturated heterocycles. The maximum Gasteiger partial charge on any atom is 0.337 e. The molecular weight excluding hydrogens is 418 g/mol. The number of esters is 1. The lowest BCUT2D eigenvalue weighted by Gasteiger charge is -2.19. The smallest absolute Gasteiger partial charge is 0.337 e. The Bertz CT molecular complexity index is 1040. The van der Waals surface area contributed by atoms with Crippen LogP contribution in [0.3, 0.4) is 0 Å². The van der Waals surface area contributed by atoms with E-state index in [0.717, 1.165) is 11.1 Å². The van der Waals surface area contributed by atoms with Gasteiger partial charge < -0.3 is 25.0 Å². The molecule has 6 nitrogen and oxygen atoms in total. The first-order valence-electron chi connectivity index (χ1n) is 11.0. The largest absolute Gasteiger partial charge is 0.489 e. The van der Waals surface area contributed by atoms with Crippen molar-refractivity contribution in [2.24, 2.45) is 0 Å². The highest BCUT2D eigenvalue weighted by Crippen LogP contribution is 2.25. The van der Waals surface area contributed by atoms with Crippen LogP contribution in [-0.4, -0.2) is 35.9 Å². The summed E-state index contributed by atoms with van der Waals surface area (Å²) in [7, 11) is 1.37. The third-order valence-electron chi connectivity index (χ3n) is 5.43. The van der Waals surface area contributed by atoms with Crippen molar-refractivity contribution in [3.05, 3.63) is 101 Å². The Morgan fingerprint density at radius 2 is 1.76 bits per heavy atom. The van der Waals surface area contributed by atoms with Crippen LogP contribution in [-0.2, 0) is 24.4 Å². The number of ether oxygens (including phenoxy) is 2. The SMILES string of the molecule is COC(=O)c1cccc(C[C@@H](C)NC[C@H](O)c2ccc(OCc3ccccc3)c(CO)c2)c1. The summed E-state index contributed by atoms with van der Waals surface area (Å²) < 4.78 is 10.6. The van der Waals surface area contributed by atoms with Gasteiger partial charge in [-0.05, 0) is 54.3 Å². The maximum atomic E-state index is 11.7. The van der Waals surface area contributed by atoms with Crippen LogP contribution >= 0.6 is 0 Å². The Balaban J connectivity index is 1.55. The van der Waals surface area contributed by atoms with E-state index in [2.05, 4.69) is 5.32 Å².